The second kappa shape index (κ2) is 8.80. The van der Waals surface area contributed by atoms with E-state index in [-0.39, 0.29) is 5.91 Å². The van der Waals surface area contributed by atoms with Crippen molar-refractivity contribution in [2.24, 2.45) is 0 Å². The molecular weight excluding hydrogens is 400 g/mol. The van der Waals surface area contributed by atoms with Crippen molar-refractivity contribution >= 4 is 45.0 Å². The predicted octanol–water partition coefficient (Wildman–Crippen LogP) is 5.61. The summed E-state index contributed by atoms with van der Waals surface area (Å²) in [6, 6.07) is 18.3. The number of rotatable bonds is 7. The van der Waals surface area contributed by atoms with E-state index in [4.69, 9.17) is 0 Å². The summed E-state index contributed by atoms with van der Waals surface area (Å²) in [6.45, 7) is 4.00. The van der Waals surface area contributed by atoms with Crippen LogP contribution in [0.25, 0.3) is 15.3 Å². The van der Waals surface area contributed by atoms with Crippen LogP contribution in [-0.2, 0) is 4.79 Å². The van der Waals surface area contributed by atoms with Gasteiger partial charge in [-0.3, -0.25) is 4.79 Å². The Hall–Kier alpha value is -2.64. The van der Waals surface area contributed by atoms with Gasteiger partial charge in [0.1, 0.15) is 5.82 Å². The van der Waals surface area contributed by atoms with E-state index in [9.17, 15) is 4.79 Å². The van der Waals surface area contributed by atoms with Crippen LogP contribution >= 0.6 is 23.1 Å². The van der Waals surface area contributed by atoms with Crippen LogP contribution in [0.2, 0.25) is 0 Å². The van der Waals surface area contributed by atoms with Crippen molar-refractivity contribution in [2.75, 3.05) is 11.1 Å². The van der Waals surface area contributed by atoms with Crippen LogP contribution in [-0.4, -0.2) is 26.4 Å². The largest absolute Gasteiger partial charge is 0.311 e. The van der Waals surface area contributed by atoms with Crippen LogP contribution in [0.5, 0.6) is 0 Å². The first-order valence-corrected chi connectivity index (χ1v) is 11.3. The molecule has 0 atom stereocenters. The zero-order valence-electron chi connectivity index (χ0n) is 16.4. The molecule has 0 aliphatic heterocycles. The number of hydrogen-bond donors (Lipinski definition) is 1. The first kappa shape index (κ1) is 19.7. The van der Waals surface area contributed by atoms with Gasteiger partial charge < -0.3 is 5.32 Å². The number of aromatic nitrogens is 3. The van der Waals surface area contributed by atoms with E-state index in [0.29, 0.717) is 12.2 Å². The summed E-state index contributed by atoms with van der Waals surface area (Å²) < 4.78 is 2.82. The Morgan fingerprint density at radius 2 is 1.93 bits per heavy atom. The Kier molecular flexibility index (Phi) is 5.97. The van der Waals surface area contributed by atoms with Crippen LogP contribution in [0.4, 0.5) is 5.82 Å². The number of nitrogens with zero attached hydrogens (tertiary/aromatic N) is 3. The topological polar surface area (TPSA) is 59.8 Å². The zero-order valence-corrected chi connectivity index (χ0v) is 18.0. The third kappa shape index (κ3) is 4.86. The molecule has 0 radical (unpaired) electrons. The molecule has 0 saturated carbocycles. The number of benzene rings is 2. The minimum atomic E-state index is -0.00299. The quantitative estimate of drug-likeness (QED) is 0.311. The Balaban J connectivity index is 1.36. The van der Waals surface area contributed by atoms with E-state index in [1.807, 2.05) is 37.3 Å². The maximum absolute atomic E-state index is 12.5. The number of thiazole rings is 1. The third-order valence-corrected chi connectivity index (χ3v) is 6.51. The first-order valence-electron chi connectivity index (χ1n) is 9.50. The van der Waals surface area contributed by atoms with Gasteiger partial charge >= 0.3 is 0 Å². The van der Waals surface area contributed by atoms with E-state index in [0.717, 1.165) is 33.2 Å². The summed E-state index contributed by atoms with van der Waals surface area (Å²) in [4.78, 5) is 18.3. The van der Waals surface area contributed by atoms with Crippen molar-refractivity contribution in [1.82, 2.24) is 14.8 Å². The monoisotopic (exact) mass is 422 g/mol. The number of anilines is 1. The number of carbonyl (C=O) groups is 1. The lowest BCUT2D eigenvalue weighted by Gasteiger charge is -2.06. The molecule has 4 rings (SSSR count). The highest BCUT2D eigenvalue weighted by Crippen LogP contribution is 2.27. The molecule has 4 aromatic rings. The number of hydrogen-bond acceptors (Lipinski definition) is 5. The van der Waals surface area contributed by atoms with E-state index < -0.39 is 0 Å². The summed E-state index contributed by atoms with van der Waals surface area (Å²) in [7, 11) is 0. The van der Waals surface area contributed by atoms with Crippen molar-refractivity contribution < 1.29 is 4.79 Å². The maximum Gasteiger partial charge on any atom is 0.225 e. The maximum atomic E-state index is 12.5. The highest BCUT2D eigenvalue weighted by atomic mass is 32.2. The molecule has 5 nitrogen and oxygen atoms in total. The average Bonchev–Trinajstić information content (AvgIpc) is 3.29. The summed E-state index contributed by atoms with van der Waals surface area (Å²) in [6.07, 6.45) is 1.29. The van der Waals surface area contributed by atoms with Gasteiger partial charge in [0.2, 0.25) is 11.0 Å². The number of nitrogens with one attached hydrogen (secondary N) is 1. The molecule has 7 heteroatoms. The minimum Gasteiger partial charge on any atom is -0.311 e. The molecule has 148 valence electrons. The molecule has 0 aliphatic carbocycles. The second-order valence-electron chi connectivity index (χ2n) is 6.86. The summed E-state index contributed by atoms with van der Waals surface area (Å²) >= 11 is 3.34. The van der Waals surface area contributed by atoms with Gasteiger partial charge in [0.15, 0.2) is 0 Å². The Morgan fingerprint density at radius 1 is 1.14 bits per heavy atom. The lowest BCUT2D eigenvalue weighted by Crippen LogP contribution is -2.14. The van der Waals surface area contributed by atoms with Gasteiger partial charge in [-0.1, -0.05) is 41.2 Å². The lowest BCUT2D eigenvalue weighted by molar-refractivity contribution is -0.116. The molecule has 2 heterocycles. The molecule has 2 aromatic heterocycles. The van der Waals surface area contributed by atoms with Gasteiger partial charge in [0.25, 0.3) is 0 Å². The number of carbonyl (C=O) groups excluding carboxylic acids is 1. The van der Waals surface area contributed by atoms with Gasteiger partial charge in [-0.25, -0.2) is 4.98 Å². The SMILES string of the molecule is Cc1ccc(SCCCC(=O)Nc2cc(C)nn2-c2nc3ccccc3s2)cc1. The van der Waals surface area contributed by atoms with Gasteiger partial charge in [-0.2, -0.15) is 9.78 Å². The molecule has 0 saturated heterocycles. The smallest absolute Gasteiger partial charge is 0.225 e. The lowest BCUT2D eigenvalue weighted by atomic mass is 10.2. The molecule has 1 N–H and O–H groups in total. The third-order valence-electron chi connectivity index (χ3n) is 4.40. The van der Waals surface area contributed by atoms with Crippen LogP contribution < -0.4 is 5.32 Å². The summed E-state index contributed by atoms with van der Waals surface area (Å²) in [5.74, 6) is 1.57. The number of para-hydroxylation sites is 1. The zero-order chi connectivity index (χ0) is 20.2. The number of fused-ring (bicyclic) bond motifs is 1. The molecule has 0 aliphatic rings. The number of aryl methyl sites for hydroxylation is 2. The predicted molar refractivity (Wildman–Crippen MR) is 121 cm³/mol. The number of amides is 1. The van der Waals surface area contributed by atoms with E-state index in [2.05, 4.69) is 46.6 Å². The number of thioether (sulfide) groups is 1. The molecule has 0 spiro atoms. The molecule has 0 unspecified atom stereocenters. The molecule has 1 amide bonds. The van der Waals surface area contributed by atoms with E-state index >= 15 is 0 Å². The van der Waals surface area contributed by atoms with Crippen LogP contribution in [0.15, 0.2) is 59.5 Å². The van der Waals surface area contributed by atoms with Crippen LogP contribution in [0.3, 0.4) is 0 Å². The van der Waals surface area contributed by atoms with Gasteiger partial charge in [0.05, 0.1) is 15.9 Å². The van der Waals surface area contributed by atoms with E-state index in [1.54, 1.807) is 27.8 Å². The van der Waals surface area contributed by atoms with Gasteiger partial charge in [-0.15, -0.1) is 11.8 Å². The normalized spacial score (nSPS) is 11.1. The Morgan fingerprint density at radius 3 is 2.72 bits per heavy atom. The Bertz CT molecular complexity index is 1100. The fraction of sp³-hybridized carbons (Fsp3) is 0.227. The van der Waals surface area contributed by atoms with Crippen molar-refractivity contribution in [3.63, 3.8) is 0 Å². The molecule has 0 bridgehead atoms. The minimum absolute atomic E-state index is 0.00299. The van der Waals surface area contributed by atoms with Gasteiger partial charge in [0, 0.05) is 17.4 Å². The van der Waals surface area contributed by atoms with Crippen LogP contribution in [0.1, 0.15) is 24.1 Å². The fourth-order valence-corrected chi connectivity index (χ4v) is 4.73. The molecule has 0 fully saturated rings. The van der Waals surface area contributed by atoms with Crippen molar-refractivity contribution in [3.05, 3.63) is 65.9 Å². The molecular formula is C22H22N4OS2. The fourth-order valence-electron chi connectivity index (χ4n) is 2.95. The summed E-state index contributed by atoms with van der Waals surface area (Å²) in [5, 5.41) is 8.27. The van der Waals surface area contributed by atoms with Crippen molar-refractivity contribution in [1.29, 1.82) is 0 Å². The van der Waals surface area contributed by atoms with Crippen molar-refractivity contribution in [2.45, 2.75) is 31.6 Å². The molecule has 2 aromatic carbocycles. The standard InChI is InChI=1S/C22H22N4OS2/c1-15-9-11-17(12-10-15)28-13-5-8-21(27)24-20-14-16(2)25-26(20)22-23-18-6-3-4-7-19(18)29-22/h3-4,6-7,9-12,14H,5,8,13H2,1-2H3,(H,24,27). The van der Waals surface area contributed by atoms with Crippen molar-refractivity contribution in [3.8, 4) is 5.13 Å². The molecule has 29 heavy (non-hydrogen) atoms. The Labute approximate surface area is 178 Å². The second-order valence-corrected chi connectivity index (χ2v) is 9.04. The highest BCUT2D eigenvalue weighted by Gasteiger charge is 2.14. The first-order chi connectivity index (χ1) is 14.1. The summed E-state index contributed by atoms with van der Waals surface area (Å²) in [5.41, 5.74) is 3.04. The van der Waals surface area contributed by atoms with Crippen LogP contribution in [0, 0.1) is 13.8 Å². The van der Waals surface area contributed by atoms with Gasteiger partial charge in [-0.05, 0) is 50.3 Å². The van der Waals surface area contributed by atoms with E-state index in [1.165, 1.54) is 10.5 Å². The highest BCUT2D eigenvalue weighted by molar-refractivity contribution is 7.99. The average molecular weight is 423 g/mol.